The molecule has 0 aliphatic carbocycles. The molecule has 1 aliphatic heterocycles. The van der Waals surface area contributed by atoms with Crippen LogP contribution in [0.3, 0.4) is 0 Å². The molecular weight excluding hydrogens is 166 g/mol. The number of rotatable bonds is 2. The first-order valence-electron chi connectivity index (χ1n) is 4.12. The highest BCUT2D eigenvalue weighted by molar-refractivity contribution is 5.48. The summed E-state index contributed by atoms with van der Waals surface area (Å²) in [6, 6.07) is 7.22. The summed E-state index contributed by atoms with van der Waals surface area (Å²) in [5.41, 5.74) is 1.30. The summed E-state index contributed by atoms with van der Waals surface area (Å²) in [6.07, 6.45) is 3.77. The molecule has 0 amide bonds. The third-order valence-corrected chi connectivity index (χ3v) is 2.02. The van der Waals surface area contributed by atoms with Crippen LogP contribution in [0.1, 0.15) is 11.7 Å². The second kappa shape index (κ2) is 3.49. The van der Waals surface area contributed by atoms with Gasteiger partial charge in [-0.25, -0.2) is 0 Å². The molecule has 3 nitrogen and oxygen atoms in total. The summed E-state index contributed by atoms with van der Waals surface area (Å²) in [7, 11) is 0. The van der Waals surface area contributed by atoms with E-state index in [9.17, 15) is 4.91 Å². The highest BCUT2D eigenvalue weighted by Crippen LogP contribution is 2.30. The van der Waals surface area contributed by atoms with E-state index in [0.29, 0.717) is 12.3 Å². The van der Waals surface area contributed by atoms with Gasteiger partial charge in [0.15, 0.2) is 0 Å². The fourth-order valence-electron chi connectivity index (χ4n) is 1.40. The molecule has 66 valence electrons. The summed E-state index contributed by atoms with van der Waals surface area (Å²) in [6.45, 7) is 0.609. The van der Waals surface area contributed by atoms with Gasteiger partial charge in [0, 0.05) is 5.56 Å². The second-order valence-electron chi connectivity index (χ2n) is 2.83. The van der Waals surface area contributed by atoms with Crippen molar-refractivity contribution in [3.63, 3.8) is 0 Å². The Labute approximate surface area is 76.0 Å². The Morgan fingerprint density at radius 1 is 1.38 bits per heavy atom. The first-order chi connectivity index (χ1) is 6.42. The van der Waals surface area contributed by atoms with Gasteiger partial charge in [-0.3, -0.25) is 0 Å². The Kier molecular flexibility index (Phi) is 2.19. The van der Waals surface area contributed by atoms with Crippen LogP contribution in [0.4, 0.5) is 5.69 Å². The van der Waals surface area contributed by atoms with Crippen molar-refractivity contribution < 1.29 is 4.74 Å². The fraction of sp³-hybridized carbons (Fsp3) is 0.200. The number of hydrogen-bond acceptors (Lipinski definition) is 3. The fourth-order valence-corrected chi connectivity index (χ4v) is 1.40. The third-order valence-electron chi connectivity index (χ3n) is 2.02. The lowest BCUT2D eigenvalue weighted by molar-refractivity contribution is 0.130. The number of nitrogens with zero attached hydrogens (tertiary/aromatic N) is 1. The van der Waals surface area contributed by atoms with Crippen LogP contribution in [0, 0.1) is 4.91 Å². The number of ether oxygens (including phenoxy) is 1. The van der Waals surface area contributed by atoms with Crippen molar-refractivity contribution >= 4 is 5.69 Å². The monoisotopic (exact) mass is 175 g/mol. The molecule has 2 rings (SSSR count). The molecule has 1 aromatic rings. The van der Waals surface area contributed by atoms with Gasteiger partial charge in [-0.05, 0) is 11.2 Å². The molecule has 0 radical (unpaired) electrons. The van der Waals surface area contributed by atoms with Crippen molar-refractivity contribution in [2.75, 3.05) is 6.61 Å². The van der Waals surface area contributed by atoms with E-state index in [0.717, 1.165) is 5.56 Å². The summed E-state index contributed by atoms with van der Waals surface area (Å²) < 4.78 is 5.37. The Hall–Kier alpha value is -1.48. The van der Waals surface area contributed by atoms with Gasteiger partial charge >= 0.3 is 0 Å². The van der Waals surface area contributed by atoms with Crippen LogP contribution in [-0.4, -0.2) is 6.61 Å². The van der Waals surface area contributed by atoms with Crippen molar-refractivity contribution in [3.8, 4) is 0 Å². The average Bonchev–Trinajstić information content (AvgIpc) is 2.70. The average molecular weight is 175 g/mol. The third kappa shape index (κ3) is 1.51. The van der Waals surface area contributed by atoms with E-state index in [4.69, 9.17) is 4.74 Å². The van der Waals surface area contributed by atoms with Gasteiger partial charge in [-0.15, -0.1) is 4.91 Å². The van der Waals surface area contributed by atoms with E-state index < -0.39 is 0 Å². The Morgan fingerprint density at radius 3 is 2.92 bits per heavy atom. The zero-order valence-corrected chi connectivity index (χ0v) is 7.01. The van der Waals surface area contributed by atoms with Gasteiger partial charge in [0.25, 0.3) is 0 Å². The van der Waals surface area contributed by atoms with Gasteiger partial charge in [0.2, 0.25) is 0 Å². The maximum absolute atomic E-state index is 10.5. The zero-order chi connectivity index (χ0) is 9.10. The largest absolute Gasteiger partial charge is 0.365 e. The molecule has 0 spiro atoms. The maximum Gasteiger partial charge on any atom is 0.114 e. The maximum atomic E-state index is 10.5. The van der Waals surface area contributed by atoms with E-state index in [2.05, 4.69) is 5.18 Å². The quantitative estimate of drug-likeness (QED) is 0.512. The molecule has 1 heterocycles. The number of nitroso groups, excluding NO2 is 1. The molecule has 0 unspecified atom stereocenters. The van der Waals surface area contributed by atoms with Crippen LogP contribution >= 0.6 is 0 Å². The van der Waals surface area contributed by atoms with E-state index in [1.54, 1.807) is 12.1 Å². The Bertz CT molecular complexity index is 347. The van der Waals surface area contributed by atoms with E-state index in [1.807, 2.05) is 24.3 Å². The Morgan fingerprint density at radius 2 is 2.23 bits per heavy atom. The first kappa shape index (κ1) is 8.13. The summed E-state index contributed by atoms with van der Waals surface area (Å²) >= 11 is 0. The molecular formula is C10H9NO2. The lowest BCUT2D eigenvalue weighted by atomic mass is 10.1. The number of benzene rings is 1. The van der Waals surface area contributed by atoms with Crippen LogP contribution in [0.15, 0.2) is 41.6 Å². The standard InChI is InChI=1S/C10H9NO2/c12-11-9-5-2-1-4-8(9)10-6-3-7-13-10/h1-6,10H,7H2/t10-/m1/s1. The normalized spacial score (nSPS) is 20.5. The van der Waals surface area contributed by atoms with Crippen molar-refractivity contribution in [2.45, 2.75) is 6.10 Å². The molecule has 3 heteroatoms. The van der Waals surface area contributed by atoms with Crippen LogP contribution in [-0.2, 0) is 4.74 Å². The molecule has 1 aromatic carbocycles. The molecule has 0 fully saturated rings. The van der Waals surface area contributed by atoms with Gasteiger partial charge < -0.3 is 4.74 Å². The second-order valence-corrected chi connectivity index (χ2v) is 2.83. The first-order valence-corrected chi connectivity index (χ1v) is 4.12. The van der Waals surface area contributed by atoms with Crippen molar-refractivity contribution in [3.05, 3.63) is 46.9 Å². The molecule has 0 N–H and O–H groups in total. The summed E-state index contributed by atoms with van der Waals surface area (Å²) in [5.74, 6) is 0. The molecule has 0 aromatic heterocycles. The van der Waals surface area contributed by atoms with Crippen LogP contribution in [0.5, 0.6) is 0 Å². The predicted octanol–water partition coefficient (Wildman–Crippen LogP) is 2.71. The molecule has 0 bridgehead atoms. The predicted molar refractivity (Wildman–Crippen MR) is 49.7 cm³/mol. The number of hydrogen-bond donors (Lipinski definition) is 0. The van der Waals surface area contributed by atoms with Gasteiger partial charge in [-0.2, -0.15) is 0 Å². The molecule has 0 saturated carbocycles. The van der Waals surface area contributed by atoms with Crippen molar-refractivity contribution in [1.29, 1.82) is 0 Å². The van der Waals surface area contributed by atoms with Crippen LogP contribution in [0.25, 0.3) is 0 Å². The highest BCUT2D eigenvalue weighted by atomic mass is 16.5. The smallest absolute Gasteiger partial charge is 0.114 e. The van der Waals surface area contributed by atoms with Gasteiger partial charge in [0.05, 0.1) is 6.61 Å². The minimum Gasteiger partial charge on any atom is -0.365 e. The SMILES string of the molecule is O=Nc1ccccc1[C@H]1C=CCO1. The molecule has 1 atom stereocenters. The Balaban J connectivity index is 2.37. The van der Waals surface area contributed by atoms with Gasteiger partial charge in [-0.1, -0.05) is 30.4 Å². The molecule has 1 aliphatic rings. The minimum atomic E-state index is -0.103. The summed E-state index contributed by atoms with van der Waals surface area (Å²) in [5, 5.41) is 2.95. The van der Waals surface area contributed by atoms with Gasteiger partial charge in [0.1, 0.15) is 11.8 Å². The van der Waals surface area contributed by atoms with E-state index in [-0.39, 0.29) is 6.10 Å². The van der Waals surface area contributed by atoms with Crippen molar-refractivity contribution in [1.82, 2.24) is 0 Å². The molecule has 0 saturated heterocycles. The minimum absolute atomic E-state index is 0.103. The van der Waals surface area contributed by atoms with E-state index >= 15 is 0 Å². The van der Waals surface area contributed by atoms with Crippen LogP contribution < -0.4 is 0 Å². The van der Waals surface area contributed by atoms with E-state index in [1.165, 1.54) is 0 Å². The zero-order valence-electron chi connectivity index (χ0n) is 7.01. The lowest BCUT2D eigenvalue weighted by Crippen LogP contribution is -1.95. The van der Waals surface area contributed by atoms with Crippen molar-refractivity contribution in [2.24, 2.45) is 5.18 Å². The summed E-state index contributed by atoms with van der Waals surface area (Å²) in [4.78, 5) is 10.5. The van der Waals surface area contributed by atoms with Crippen LogP contribution in [0.2, 0.25) is 0 Å². The topological polar surface area (TPSA) is 38.7 Å². The highest BCUT2D eigenvalue weighted by Gasteiger charge is 2.15. The lowest BCUT2D eigenvalue weighted by Gasteiger charge is -2.09. The molecule has 13 heavy (non-hydrogen) atoms.